The maximum Gasteiger partial charge on any atom is 0.416 e. The van der Waals surface area contributed by atoms with E-state index in [2.05, 4.69) is 10.3 Å². The number of amides is 1. The first kappa shape index (κ1) is 18.7. The van der Waals surface area contributed by atoms with Crippen molar-refractivity contribution in [3.8, 4) is 0 Å². The van der Waals surface area contributed by atoms with Gasteiger partial charge in [-0.05, 0) is 43.9 Å². The minimum absolute atomic E-state index is 0.0150. The van der Waals surface area contributed by atoms with Crippen LogP contribution >= 0.6 is 11.3 Å². The fourth-order valence-electron chi connectivity index (χ4n) is 2.66. The molecule has 1 aliphatic rings. The molecule has 1 N–H and O–H groups in total. The second-order valence-electron chi connectivity index (χ2n) is 5.84. The molecule has 0 radical (unpaired) electrons. The van der Waals surface area contributed by atoms with E-state index in [1.807, 2.05) is 0 Å². The summed E-state index contributed by atoms with van der Waals surface area (Å²) in [5, 5.41) is 2.48. The zero-order valence-corrected chi connectivity index (χ0v) is 13.9. The number of thiazole rings is 1. The lowest BCUT2D eigenvalue weighted by Crippen LogP contribution is -2.17. The third-order valence-corrected chi connectivity index (χ3v) is 4.99. The van der Waals surface area contributed by atoms with E-state index < -0.39 is 35.0 Å². The molecule has 2 aromatic rings. The van der Waals surface area contributed by atoms with E-state index in [4.69, 9.17) is 0 Å². The maximum atomic E-state index is 12.9. The van der Waals surface area contributed by atoms with Crippen LogP contribution in [0.15, 0.2) is 18.2 Å². The molecule has 0 unspecified atom stereocenters. The van der Waals surface area contributed by atoms with Gasteiger partial charge in [-0.3, -0.25) is 10.1 Å². The molecule has 1 heterocycles. The van der Waals surface area contributed by atoms with E-state index in [9.17, 15) is 31.1 Å². The fraction of sp³-hybridized carbons (Fsp3) is 0.375. The molecular weight excluding hydrogens is 382 g/mol. The topological polar surface area (TPSA) is 42.0 Å². The zero-order chi connectivity index (χ0) is 19.1. The molecular formula is C16H12F6N2OS. The number of hydrogen-bond donors (Lipinski definition) is 1. The number of benzene rings is 1. The number of carbonyl (C=O) groups excluding carboxylic acids is 1. The van der Waals surface area contributed by atoms with Crippen LogP contribution in [0, 0.1) is 0 Å². The van der Waals surface area contributed by atoms with Crippen LogP contribution in [0.25, 0.3) is 0 Å². The SMILES string of the molecule is O=C(Nc1nc2c(s1)CCCC2)c1cc(C(F)(F)F)cc(C(F)(F)F)c1. The second-order valence-corrected chi connectivity index (χ2v) is 6.93. The summed E-state index contributed by atoms with van der Waals surface area (Å²) in [5.74, 6) is -1.06. The summed E-state index contributed by atoms with van der Waals surface area (Å²) in [7, 11) is 0. The zero-order valence-electron chi connectivity index (χ0n) is 13.1. The minimum Gasteiger partial charge on any atom is -0.298 e. The summed E-state index contributed by atoms with van der Waals surface area (Å²) < 4.78 is 77.2. The lowest BCUT2D eigenvalue weighted by atomic mass is 10.0. The number of aryl methyl sites for hydroxylation is 2. The molecule has 0 bridgehead atoms. The number of anilines is 1. The smallest absolute Gasteiger partial charge is 0.298 e. The van der Waals surface area contributed by atoms with Crippen LogP contribution in [-0.2, 0) is 25.2 Å². The first-order valence-corrected chi connectivity index (χ1v) is 8.45. The van der Waals surface area contributed by atoms with Crippen molar-refractivity contribution in [1.82, 2.24) is 4.98 Å². The summed E-state index contributed by atoms with van der Waals surface area (Å²) in [5.41, 5.74) is -2.97. The van der Waals surface area contributed by atoms with Crippen molar-refractivity contribution in [3.63, 3.8) is 0 Å². The number of nitrogens with zero attached hydrogens (tertiary/aromatic N) is 1. The largest absolute Gasteiger partial charge is 0.416 e. The van der Waals surface area contributed by atoms with Crippen molar-refractivity contribution in [2.75, 3.05) is 5.32 Å². The van der Waals surface area contributed by atoms with Gasteiger partial charge in [-0.1, -0.05) is 0 Å². The van der Waals surface area contributed by atoms with Gasteiger partial charge in [0.2, 0.25) is 0 Å². The highest BCUT2D eigenvalue weighted by atomic mass is 32.1. The van der Waals surface area contributed by atoms with Crippen LogP contribution in [0.2, 0.25) is 0 Å². The fourth-order valence-corrected chi connectivity index (χ4v) is 3.71. The molecule has 0 fully saturated rings. The van der Waals surface area contributed by atoms with Crippen molar-refractivity contribution in [1.29, 1.82) is 0 Å². The molecule has 0 spiro atoms. The van der Waals surface area contributed by atoms with E-state index >= 15 is 0 Å². The number of nitrogens with one attached hydrogen (secondary N) is 1. The summed E-state index contributed by atoms with van der Waals surface area (Å²) in [6, 6.07) is 0.787. The van der Waals surface area contributed by atoms with E-state index in [1.54, 1.807) is 0 Å². The number of hydrogen-bond acceptors (Lipinski definition) is 3. The van der Waals surface area contributed by atoms with E-state index in [1.165, 1.54) is 11.3 Å². The Morgan fingerprint density at radius 1 is 0.962 bits per heavy atom. The first-order chi connectivity index (χ1) is 12.0. The van der Waals surface area contributed by atoms with Crippen LogP contribution in [0.5, 0.6) is 0 Å². The Morgan fingerprint density at radius 2 is 1.54 bits per heavy atom. The highest BCUT2D eigenvalue weighted by Gasteiger charge is 2.37. The van der Waals surface area contributed by atoms with Crippen molar-refractivity contribution in [2.45, 2.75) is 38.0 Å². The van der Waals surface area contributed by atoms with Crippen LogP contribution in [-0.4, -0.2) is 10.9 Å². The van der Waals surface area contributed by atoms with Gasteiger partial charge in [0, 0.05) is 10.4 Å². The average Bonchev–Trinajstić information content (AvgIpc) is 2.95. The molecule has 1 aromatic heterocycles. The number of rotatable bonds is 2. The Bertz CT molecular complexity index is 784. The second kappa shape index (κ2) is 6.57. The first-order valence-electron chi connectivity index (χ1n) is 7.63. The molecule has 0 aliphatic heterocycles. The van der Waals surface area contributed by atoms with Gasteiger partial charge in [0.1, 0.15) is 0 Å². The number of alkyl halides is 6. The van der Waals surface area contributed by atoms with Crippen LogP contribution < -0.4 is 5.32 Å². The van der Waals surface area contributed by atoms with Crippen molar-refractivity contribution >= 4 is 22.4 Å². The Kier molecular flexibility index (Phi) is 4.72. The highest BCUT2D eigenvalue weighted by Crippen LogP contribution is 2.36. The Hall–Kier alpha value is -2.10. The standard InChI is InChI=1S/C16H12F6N2OS/c17-15(18,19)9-5-8(6-10(7-9)16(20,21)22)13(25)24-14-23-11-3-1-2-4-12(11)26-14/h5-7H,1-4H2,(H,23,24,25). The number of halogens is 6. The lowest BCUT2D eigenvalue weighted by molar-refractivity contribution is -0.143. The number of aromatic nitrogens is 1. The average molecular weight is 394 g/mol. The van der Waals surface area contributed by atoms with Crippen LogP contribution in [0.1, 0.15) is 44.9 Å². The van der Waals surface area contributed by atoms with Gasteiger partial charge in [-0.25, -0.2) is 4.98 Å². The number of carbonyl (C=O) groups is 1. The van der Waals surface area contributed by atoms with E-state index in [-0.39, 0.29) is 11.2 Å². The highest BCUT2D eigenvalue weighted by molar-refractivity contribution is 7.15. The van der Waals surface area contributed by atoms with Gasteiger partial charge in [0.15, 0.2) is 5.13 Å². The molecule has 3 rings (SSSR count). The molecule has 140 valence electrons. The maximum absolute atomic E-state index is 12.9. The van der Waals surface area contributed by atoms with Crippen LogP contribution in [0.3, 0.4) is 0 Å². The van der Waals surface area contributed by atoms with Gasteiger partial charge in [0.25, 0.3) is 5.91 Å². The normalized spacial score (nSPS) is 14.8. The number of fused-ring (bicyclic) bond motifs is 1. The van der Waals surface area contributed by atoms with Crippen molar-refractivity contribution in [2.24, 2.45) is 0 Å². The van der Waals surface area contributed by atoms with E-state index in [0.717, 1.165) is 36.3 Å². The summed E-state index contributed by atoms with van der Waals surface area (Å²) in [6.45, 7) is 0. The molecule has 1 amide bonds. The Balaban J connectivity index is 1.92. The predicted molar refractivity (Wildman–Crippen MR) is 83.2 cm³/mol. The van der Waals surface area contributed by atoms with Gasteiger partial charge in [-0.15, -0.1) is 11.3 Å². The van der Waals surface area contributed by atoms with Gasteiger partial charge in [-0.2, -0.15) is 26.3 Å². The molecule has 0 saturated carbocycles. The predicted octanol–water partition coefficient (Wildman–Crippen LogP) is 5.31. The molecule has 1 aromatic carbocycles. The molecule has 10 heteroatoms. The van der Waals surface area contributed by atoms with Crippen molar-refractivity contribution < 1.29 is 31.1 Å². The summed E-state index contributed by atoms with van der Waals surface area (Å²) in [4.78, 5) is 17.4. The van der Waals surface area contributed by atoms with Gasteiger partial charge < -0.3 is 0 Å². The molecule has 0 atom stereocenters. The monoisotopic (exact) mass is 394 g/mol. The Morgan fingerprint density at radius 3 is 2.08 bits per heavy atom. The molecule has 1 aliphatic carbocycles. The van der Waals surface area contributed by atoms with Gasteiger partial charge >= 0.3 is 12.4 Å². The third-order valence-electron chi connectivity index (χ3n) is 3.92. The summed E-state index contributed by atoms with van der Waals surface area (Å²) in [6.07, 6.45) is -6.54. The van der Waals surface area contributed by atoms with E-state index in [0.29, 0.717) is 12.1 Å². The van der Waals surface area contributed by atoms with Crippen molar-refractivity contribution in [3.05, 3.63) is 45.5 Å². The van der Waals surface area contributed by atoms with Gasteiger partial charge in [0.05, 0.1) is 16.8 Å². The summed E-state index contributed by atoms with van der Waals surface area (Å²) >= 11 is 1.19. The third kappa shape index (κ3) is 4.00. The minimum atomic E-state index is -5.00. The molecule has 26 heavy (non-hydrogen) atoms. The van der Waals surface area contributed by atoms with Crippen LogP contribution in [0.4, 0.5) is 31.5 Å². The molecule has 3 nitrogen and oxygen atoms in total. The molecule has 0 saturated heterocycles. The lowest BCUT2D eigenvalue weighted by Gasteiger charge is -2.13. The Labute approximate surface area is 148 Å². The quantitative estimate of drug-likeness (QED) is 0.702.